The van der Waals surface area contributed by atoms with Crippen molar-refractivity contribution in [3.05, 3.63) is 83.9 Å². The Morgan fingerprint density at radius 2 is 1.59 bits per heavy atom. The first-order chi connectivity index (χ1) is 14.1. The minimum Gasteiger partial charge on any atom is -0.493 e. The highest BCUT2D eigenvalue weighted by atomic mass is 16.5. The highest BCUT2D eigenvalue weighted by molar-refractivity contribution is 5.88. The molecule has 150 valence electrons. The molecular weight excluding hydrogens is 368 g/mol. The summed E-state index contributed by atoms with van der Waals surface area (Å²) in [5.41, 5.74) is 7.26. The van der Waals surface area contributed by atoms with E-state index in [0.717, 1.165) is 11.1 Å². The van der Waals surface area contributed by atoms with Crippen molar-refractivity contribution >= 4 is 5.91 Å². The second-order valence-corrected chi connectivity index (χ2v) is 6.55. The number of carbonyl (C=O) groups is 1. The van der Waals surface area contributed by atoms with E-state index in [1.54, 1.807) is 45.1 Å². The van der Waals surface area contributed by atoms with Gasteiger partial charge in [-0.1, -0.05) is 12.1 Å². The predicted molar refractivity (Wildman–Crippen MR) is 109 cm³/mol. The van der Waals surface area contributed by atoms with Crippen molar-refractivity contribution in [3.8, 4) is 11.5 Å². The second kappa shape index (κ2) is 9.16. The van der Waals surface area contributed by atoms with Crippen LogP contribution in [-0.4, -0.2) is 30.1 Å². The van der Waals surface area contributed by atoms with Crippen molar-refractivity contribution < 1.29 is 14.3 Å². The van der Waals surface area contributed by atoms with Crippen LogP contribution < -0.4 is 20.5 Å². The monoisotopic (exact) mass is 392 g/mol. The Morgan fingerprint density at radius 1 is 0.966 bits per heavy atom. The maximum absolute atomic E-state index is 13.0. The molecule has 3 rings (SSSR count). The first-order valence-corrected chi connectivity index (χ1v) is 9.15. The maximum atomic E-state index is 13.0. The molecular formula is C22H24N4O3. The number of rotatable bonds is 9. The number of nitrogens with two attached hydrogens (primary N) is 1. The maximum Gasteiger partial charge on any atom is 0.242 e. The van der Waals surface area contributed by atoms with E-state index in [2.05, 4.69) is 15.3 Å². The summed E-state index contributed by atoms with van der Waals surface area (Å²) >= 11 is 0. The third-order valence-corrected chi connectivity index (χ3v) is 4.85. The summed E-state index contributed by atoms with van der Waals surface area (Å²) in [6.45, 7) is 0.414. The molecule has 3 aromatic rings. The number of nitrogens with zero attached hydrogens (tertiary/aromatic N) is 2. The molecule has 0 saturated carbocycles. The van der Waals surface area contributed by atoms with Crippen molar-refractivity contribution in [2.75, 3.05) is 14.2 Å². The summed E-state index contributed by atoms with van der Waals surface area (Å²) in [6, 6.07) is 12.9. The van der Waals surface area contributed by atoms with Gasteiger partial charge in [-0.25, -0.2) is 0 Å². The van der Waals surface area contributed by atoms with Gasteiger partial charge in [-0.15, -0.1) is 0 Å². The number of methoxy groups -OCH3 is 2. The van der Waals surface area contributed by atoms with Gasteiger partial charge in [0.2, 0.25) is 5.91 Å². The van der Waals surface area contributed by atoms with Crippen LogP contribution >= 0.6 is 0 Å². The van der Waals surface area contributed by atoms with Crippen LogP contribution in [0.15, 0.2) is 67.3 Å². The molecule has 0 aliphatic heterocycles. The first kappa shape index (κ1) is 20.3. The smallest absolute Gasteiger partial charge is 0.242 e. The number of pyridine rings is 2. The van der Waals surface area contributed by atoms with Crippen LogP contribution in [-0.2, 0) is 23.3 Å². The normalized spacial score (nSPS) is 12.8. The standard InChI is InChI=1S/C22H24N4O3/c1-28-19-5-3-4-18(20(19)29-2)22(21(23)27,14-16-6-10-24-11-7-16)26-15-17-8-12-25-13-9-17/h3-13,26H,14-15H2,1-2H3,(H2,23,27). The summed E-state index contributed by atoms with van der Waals surface area (Å²) in [5.74, 6) is 0.469. The Morgan fingerprint density at radius 3 is 2.14 bits per heavy atom. The van der Waals surface area contributed by atoms with E-state index in [1.807, 2.05) is 36.4 Å². The molecule has 7 nitrogen and oxygen atoms in total. The summed E-state index contributed by atoms with van der Waals surface area (Å²) < 4.78 is 11.1. The lowest BCUT2D eigenvalue weighted by Crippen LogP contribution is -2.54. The van der Waals surface area contributed by atoms with Crippen LogP contribution in [0.5, 0.6) is 11.5 Å². The average Bonchev–Trinajstić information content (AvgIpc) is 2.77. The number of primary amides is 1. The van der Waals surface area contributed by atoms with Crippen LogP contribution in [0.1, 0.15) is 16.7 Å². The third-order valence-electron chi connectivity index (χ3n) is 4.85. The number of para-hydroxylation sites is 1. The largest absolute Gasteiger partial charge is 0.493 e. The van der Waals surface area contributed by atoms with Crippen molar-refractivity contribution in [1.82, 2.24) is 15.3 Å². The van der Waals surface area contributed by atoms with E-state index in [-0.39, 0.29) is 0 Å². The van der Waals surface area contributed by atoms with Crippen LogP contribution in [0.4, 0.5) is 0 Å². The fourth-order valence-electron chi connectivity index (χ4n) is 3.34. The zero-order valence-corrected chi connectivity index (χ0v) is 16.5. The van der Waals surface area contributed by atoms with Gasteiger partial charge in [0.25, 0.3) is 0 Å². The third kappa shape index (κ3) is 4.35. The van der Waals surface area contributed by atoms with Crippen LogP contribution in [0.25, 0.3) is 0 Å². The van der Waals surface area contributed by atoms with Gasteiger partial charge >= 0.3 is 0 Å². The fraction of sp³-hybridized carbons (Fsp3) is 0.227. The molecule has 0 fully saturated rings. The Hall–Kier alpha value is -3.45. The average molecular weight is 392 g/mol. The van der Waals surface area contributed by atoms with Gasteiger partial charge < -0.3 is 15.2 Å². The van der Waals surface area contributed by atoms with Gasteiger partial charge in [0, 0.05) is 43.3 Å². The number of carbonyl (C=O) groups excluding carboxylic acids is 1. The Balaban J connectivity index is 2.12. The van der Waals surface area contributed by atoms with Gasteiger partial charge in [-0.2, -0.15) is 0 Å². The molecule has 7 heteroatoms. The van der Waals surface area contributed by atoms with Crippen LogP contribution in [0, 0.1) is 0 Å². The van der Waals surface area contributed by atoms with Gasteiger partial charge in [-0.05, 0) is 41.5 Å². The number of hydrogen-bond acceptors (Lipinski definition) is 6. The zero-order valence-electron chi connectivity index (χ0n) is 16.5. The van der Waals surface area contributed by atoms with Gasteiger partial charge in [-0.3, -0.25) is 20.1 Å². The first-order valence-electron chi connectivity index (χ1n) is 9.15. The Labute approximate surface area is 169 Å². The molecule has 1 unspecified atom stereocenters. The van der Waals surface area contributed by atoms with E-state index >= 15 is 0 Å². The number of ether oxygens (including phenoxy) is 2. The number of hydrogen-bond donors (Lipinski definition) is 2. The van der Waals surface area contributed by atoms with Crippen molar-refractivity contribution in [3.63, 3.8) is 0 Å². The second-order valence-electron chi connectivity index (χ2n) is 6.55. The minimum absolute atomic E-state index is 0.319. The molecule has 2 aromatic heterocycles. The quantitative estimate of drug-likeness (QED) is 0.579. The lowest BCUT2D eigenvalue weighted by molar-refractivity contribution is -0.125. The number of nitrogens with one attached hydrogen (secondary N) is 1. The topological polar surface area (TPSA) is 99.4 Å². The van der Waals surface area contributed by atoms with Crippen molar-refractivity contribution in [2.45, 2.75) is 18.5 Å². The van der Waals surface area contributed by atoms with E-state index in [9.17, 15) is 4.79 Å². The molecule has 3 N–H and O–H groups in total. The molecule has 2 heterocycles. The lowest BCUT2D eigenvalue weighted by Gasteiger charge is -2.34. The molecule has 1 amide bonds. The number of benzene rings is 1. The van der Waals surface area contributed by atoms with E-state index in [0.29, 0.717) is 30.0 Å². The van der Waals surface area contributed by atoms with Crippen LogP contribution in [0.3, 0.4) is 0 Å². The molecule has 0 spiro atoms. The highest BCUT2D eigenvalue weighted by Gasteiger charge is 2.41. The molecule has 0 saturated heterocycles. The molecule has 29 heavy (non-hydrogen) atoms. The molecule has 1 atom stereocenters. The van der Waals surface area contributed by atoms with Crippen molar-refractivity contribution in [2.24, 2.45) is 5.73 Å². The summed E-state index contributed by atoms with van der Waals surface area (Å²) in [7, 11) is 3.10. The highest BCUT2D eigenvalue weighted by Crippen LogP contribution is 2.39. The van der Waals surface area contributed by atoms with Gasteiger partial charge in [0.15, 0.2) is 11.5 Å². The van der Waals surface area contributed by atoms with Gasteiger partial charge in [0.05, 0.1) is 14.2 Å². The number of aromatic nitrogens is 2. The van der Waals surface area contributed by atoms with Crippen molar-refractivity contribution in [1.29, 1.82) is 0 Å². The fourth-order valence-corrected chi connectivity index (χ4v) is 3.34. The minimum atomic E-state index is -1.23. The summed E-state index contributed by atoms with van der Waals surface area (Å²) in [4.78, 5) is 21.0. The van der Waals surface area contributed by atoms with E-state index in [1.165, 1.54) is 0 Å². The molecule has 1 aromatic carbocycles. The lowest BCUT2D eigenvalue weighted by atomic mass is 9.82. The van der Waals surface area contributed by atoms with Gasteiger partial charge in [0.1, 0.15) is 5.54 Å². The molecule has 0 bridgehead atoms. The SMILES string of the molecule is COc1cccc(C(Cc2ccncc2)(NCc2ccncc2)C(N)=O)c1OC. The predicted octanol–water partition coefficient (Wildman–Crippen LogP) is 2.21. The van der Waals surface area contributed by atoms with E-state index in [4.69, 9.17) is 15.2 Å². The molecule has 0 aliphatic carbocycles. The summed E-state index contributed by atoms with van der Waals surface area (Å²) in [5, 5.41) is 3.38. The summed E-state index contributed by atoms with van der Waals surface area (Å²) in [6.07, 6.45) is 7.11. The molecule has 0 radical (unpaired) electrons. The molecule has 0 aliphatic rings. The Kier molecular flexibility index (Phi) is 6.41. The Bertz CT molecular complexity index is 951. The zero-order chi connectivity index (χ0) is 20.7. The van der Waals surface area contributed by atoms with E-state index < -0.39 is 11.4 Å². The number of amides is 1. The van der Waals surface area contributed by atoms with Crippen LogP contribution in [0.2, 0.25) is 0 Å².